The lowest BCUT2D eigenvalue weighted by Gasteiger charge is -2.32. The fraction of sp³-hybridized carbons (Fsp3) is 0.364. The number of thiazole rings is 1. The molecule has 1 aliphatic rings. The number of amides is 1. The van der Waals surface area contributed by atoms with Gasteiger partial charge in [0.05, 0.1) is 20.1 Å². The Hall–Kier alpha value is -1.96. The molecule has 0 aliphatic heterocycles. The maximum Gasteiger partial charge on any atom is 0.235 e. The second kappa shape index (κ2) is 7.94. The highest BCUT2D eigenvalue weighted by molar-refractivity contribution is 7.90. The van der Waals surface area contributed by atoms with Gasteiger partial charge in [0.2, 0.25) is 5.91 Å². The number of nitrogens with two attached hydrogens (primary N) is 1. The predicted octanol–water partition coefficient (Wildman–Crippen LogP) is 4.70. The molecule has 158 valence electrons. The van der Waals surface area contributed by atoms with E-state index < -0.39 is 21.2 Å². The van der Waals surface area contributed by atoms with E-state index in [0.717, 1.165) is 42.2 Å². The van der Waals surface area contributed by atoms with Crippen molar-refractivity contribution in [1.82, 2.24) is 4.98 Å². The molecule has 30 heavy (non-hydrogen) atoms. The molecule has 1 aliphatic carbocycles. The second-order valence-corrected chi connectivity index (χ2v) is 11.5. The zero-order chi connectivity index (χ0) is 21.5. The van der Waals surface area contributed by atoms with Crippen molar-refractivity contribution in [2.24, 2.45) is 11.7 Å². The Morgan fingerprint density at radius 2 is 1.93 bits per heavy atom. The molecule has 1 fully saturated rings. The summed E-state index contributed by atoms with van der Waals surface area (Å²) in [6.45, 7) is 0. The van der Waals surface area contributed by atoms with Gasteiger partial charge in [0.1, 0.15) is 10.4 Å². The molecule has 3 aromatic rings. The molecule has 0 spiro atoms. The Labute approximate surface area is 185 Å². The van der Waals surface area contributed by atoms with Crippen LogP contribution in [0.1, 0.15) is 42.7 Å². The third kappa shape index (κ3) is 3.74. The number of carbonyl (C=O) groups excluding carboxylic acids is 1. The molecule has 1 aromatic heterocycles. The molecule has 0 bridgehead atoms. The van der Waals surface area contributed by atoms with E-state index in [0.29, 0.717) is 22.9 Å². The van der Waals surface area contributed by atoms with Gasteiger partial charge in [-0.1, -0.05) is 55.5 Å². The molecule has 8 heteroatoms. The minimum absolute atomic E-state index is 0.0384. The first-order valence-electron chi connectivity index (χ1n) is 9.88. The van der Waals surface area contributed by atoms with Crippen molar-refractivity contribution in [3.8, 4) is 0 Å². The first-order chi connectivity index (χ1) is 14.2. The first-order valence-corrected chi connectivity index (χ1v) is 13.0. The Kier molecular flexibility index (Phi) is 5.64. The summed E-state index contributed by atoms with van der Waals surface area (Å²) in [7, 11) is -3.48. The van der Waals surface area contributed by atoms with Crippen LogP contribution < -0.4 is 5.73 Å². The van der Waals surface area contributed by atoms with Crippen LogP contribution in [0.3, 0.4) is 0 Å². The maximum atomic E-state index is 13.1. The van der Waals surface area contributed by atoms with E-state index in [-0.39, 0.29) is 9.92 Å². The summed E-state index contributed by atoms with van der Waals surface area (Å²) in [6.07, 6.45) is 5.99. The van der Waals surface area contributed by atoms with Gasteiger partial charge in [-0.05, 0) is 42.2 Å². The van der Waals surface area contributed by atoms with Crippen LogP contribution in [-0.2, 0) is 20.0 Å². The van der Waals surface area contributed by atoms with E-state index in [1.807, 2.05) is 24.3 Å². The molecule has 1 unspecified atom stereocenters. The van der Waals surface area contributed by atoms with Crippen LogP contribution in [0.4, 0.5) is 0 Å². The molecule has 2 N–H and O–H groups in total. The first kappa shape index (κ1) is 21.3. The molecule has 1 atom stereocenters. The van der Waals surface area contributed by atoms with Crippen LogP contribution in [0, 0.1) is 5.92 Å². The number of halogens is 1. The van der Waals surface area contributed by atoms with Crippen LogP contribution in [0.5, 0.6) is 0 Å². The second-order valence-electron chi connectivity index (χ2n) is 8.03. The summed E-state index contributed by atoms with van der Waals surface area (Å²) in [6, 6.07) is 12.4. The number of hydrogen-bond donors (Lipinski definition) is 1. The zero-order valence-corrected chi connectivity index (χ0v) is 19.0. The van der Waals surface area contributed by atoms with Gasteiger partial charge < -0.3 is 5.73 Å². The average molecular weight is 463 g/mol. The summed E-state index contributed by atoms with van der Waals surface area (Å²) in [4.78, 5) is 17.9. The number of nitrogens with zero attached hydrogens (tertiary/aromatic N) is 1. The van der Waals surface area contributed by atoms with E-state index in [1.54, 1.807) is 12.1 Å². The van der Waals surface area contributed by atoms with E-state index in [2.05, 4.69) is 0 Å². The highest BCUT2D eigenvalue weighted by Gasteiger charge is 2.46. The summed E-state index contributed by atoms with van der Waals surface area (Å²) in [5.74, 6) is -0.144. The number of sulfone groups is 1. The molecule has 5 nitrogen and oxygen atoms in total. The Morgan fingerprint density at radius 1 is 1.23 bits per heavy atom. The number of fused-ring (bicyclic) bond motifs is 1. The fourth-order valence-electron chi connectivity index (χ4n) is 4.45. The summed E-state index contributed by atoms with van der Waals surface area (Å²) in [5.41, 5.74) is 6.33. The van der Waals surface area contributed by atoms with Gasteiger partial charge in [-0.25, -0.2) is 13.4 Å². The summed E-state index contributed by atoms with van der Waals surface area (Å²) in [5, 5.41) is 0.722. The van der Waals surface area contributed by atoms with Crippen LogP contribution in [0.25, 0.3) is 10.2 Å². The number of primary amides is 1. The van der Waals surface area contributed by atoms with Gasteiger partial charge in [-0.15, -0.1) is 11.3 Å². The zero-order valence-electron chi connectivity index (χ0n) is 16.6. The minimum atomic E-state index is -3.48. The van der Waals surface area contributed by atoms with Crippen molar-refractivity contribution in [1.29, 1.82) is 0 Å². The highest BCUT2D eigenvalue weighted by Crippen LogP contribution is 2.46. The van der Waals surface area contributed by atoms with Crippen LogP contribution in [-0.4, -0.2) is 25.6 Å². The number of rotatable bonds is 6. The van der Waals surface area contributed by atoms with Crippen LogP contribution in [0.2, 0.25) is 5.02 Å². The quantitative estimate of drug-likeness (QED) is 0.574. The third-order valence-corrected chi connectivity index (χ3v) is 8.75. The molecule has 0 saturated heterocycles. The monoisotopic (exact) mass is 462 g/mol. The maximum absolute atomic E-state index is 13.1. The van der Waals surface area contributed by atoms with Gasteiger partial charge in [0, 0.05) is 6.26 Å². The van der Waals surface area contributed by atoms with Gasteiger partial charge in [0.25, 0.3) is 0 Å². The van der Waals surface area contributed by atoms with Crippen molar-refractivity contribution in [2.45, 2.75) is 42.4 Å². The molecule has 0 radical (unpaired) electrons. The van der Waals surface area contributed by atoms with Gasteiger partial charge in [-0.3, -0.25) is 4.79 Å². The molecule has 4 rings (SSSR count). The van der Waals surface area contributed by atoms with E-state index in [1.165, 1.54) is 17.4 Å². The minimum Gasteiger partial charge on any atom is -0.369 e. The smallest absolute Gasteiger partial charge is 0.235 e. The van der Waals surface area contributed by atoms with Crippen molar-refractivity contribution in [3.05, 3.63) is 58.1 Å². The lowest BCUT2D eigenvalue weighted by molar-refractivity contribution is -0.122. The van der Waals surface area contributed by atoms with Crippen LogP contribution >= 0.6 is 22.9 Å². The number of carbonyl (C=O) groups is 1. The standard InChI is InChI=1S/C22H23ClN2O3S2/c1-30(27,28)19-11-10-15(12-16(19)23)22(20(24)26,13-14-6-2-3-7-14)21-25-17-8-4-5-9-18(17)29-21/h4-5,8-12,14H,2-3,6-7,13H2,1H3,(H2,24,26). The number of aromatic nitrogens is 1. The molecular formula is C22H23ClN2O3S2. The van der Waals surface area contributed by atoms with Gasteiger partial charge in [0.15, 0.2) is 9.84 Å². The van der Waals surface area contributed by atoms with Gasteiger partial charge in [-0.2, -0.15) is 0 Å². The summed E-state index contributed by atoms with van der Waals surface area (Å²) < 4.78 is 25.0. The van der Waals surface area contributed by atoms with Crippen molar-refractivity contribution in [2.75, 3.05) is 6.26 Å². The molecular weight excluding hydrogens is 440 g/mol. The van der Waals surface area contributed by atoms with E-state index in [9.17, 15) is 13.2 Å². The molecule has 1 amide bonds. The van der Waals surface area contributed by atoms with E-state index in [4.69, 9.17) is 22.3 Å². The van der Waals surface area contributed by atoms with Crippen molar-refractivity contribution in [3.63, 3.8) is 0 Å². The number of hydrogen-bond acceptors (Lipinski definition) is 5. The number of benzene rings is 2. The van der Waals surface area contributed by atoms with Gasteiger partial charge >= 0.3 is 0 Å². The fourth-order valence-corrected chi connectivity index (χ4v) is 6.97. The largest absolute Gasteiger partial charge is 0.369 e. The molecule has 1 saturated carbocycles. The molecule has 1 heterocycles. The average Bonchev–Trinajstić information content (AvgIpc) is 3.34. The third-order valence-electron chi connectivity index (χ3n) is 5.97. The number of para-hydroxylation sites is 1. The van der Waals surface area contributed by atoms with Crippen LogP contribution in [0.15, 0.2) is 47.4 Å². The lowest BCUT2D eigenvalue weighted by Crippen LogP contribution is -2.43. The summed E-state index contributed by atoms with van der Waals surface area (Å²) >= 11 is 7.81. The Morgan fingerprint density at radius 3 is 2.53 bits per heavy atom. The molecule has 2 aromatic carbocycles. The normalized spacial score (nSPS) is 17.3. The Bertz CT molecular complexity index is 1180. The highest BCUT2D eigenvalue weighted by atomic mass is 35.5. The Balaban J connectivity index is 1.94. The predicted molar refractivity (Wildman–Crippen MR) is 121 cm³/mol. The SMILES string of the molecule is CS(=O)(=O)c1ccc(C(CC2CCCC2)(C(N)=O)c2nc3ccccc3s2)cc1Cl. The topological polar surface area (TPSA) is 90.1 Å². The van der Waals surface area contributed by atoms with Crippen molar-refractivity contribution < 1.29 is 13.2 Å². The van der Waals surface area contributed by atoms with E-state index >= 15 is 0 Å². The van der Waals surface area contributed by atoms with Crippen molar-refractivity contribution >= 4 is 48.9 Å². The lowest BCUT2D eigenvalue weighted by atomic mass is 9.73.